The predicted molar refractivity (Wildman–Crippen MR) is 74.3 cm³/mol. The van der Waals surface area contributed by atoms with E-state index in [-0.39, 0.29) is 17.1 Å². The van der Waals surface area contributed by atoms with E-state index >= 15 is 0 Å². The first-order valence-electron chi connectivity index (χ1n) is 5.47. The fourth-order valence-corrected chi connectivity index (χ4v) is 1.85. The van der Waals surface area contributed by atoms with Gasteiger partial charge in [0.15, 0.2) is 0 Å². The largest absolute Gasteiger partial charge is 0.478 e. The molecule has 0 aliphatic heterocycles. The van der Waals surface area contributed by atoms with Crippen LogP contribution in [0.3, 0.4) is 0 Å². The van der Waals surface area contributed by atoms with Gasteiger partial charge in [0.2, 0.25) is 5.91 Å². The second-order valence-electron chi connectivity index (χ2n) is 3.88. The van der Waals surface area contributed by atoms with Gasteiger partial charge < -0.3 is 10.4 Å². The molecule has 0 aliphatic rings. The smallest absolute Gasteiger partial charge is 0.338 e. The molecule has 0 radical (unpaired) electrons. The Morgan fingerprint density at radius 3 is 2.75 bits per heavy atom. The Hall–Kier alpha value is -2.05. The number of halogens is 2. The topological polar surface area (TPSA) is 84.2 Å². The van der Waals surface area contributed by atoms with Crippen LogP contribution in [0.25, 0.3) is 0 Å². The van der Waals surface area contributed by atoms with Crippen molar-refractivity contribution in [2.45, 2.75) is 6.54 Å². The van der Waals surface area contributed by atoms with Crippen molar-refractivity contribution in [2.24, 2.45) is 0 Å². The highest BCUT2D eigenvalue weighted by Crippen LogP contribution is 2.29. The van der Waals surface area contributed by atoms with E-state index < -0.39 is 11.9 Å². The molecule has 0 unspecified atom stereocenters. The minimum atomic E-state index is -1.10. The van der Waals surface area contributed by atoms with Crippen LogP contribution in [0.1, 0.15) is 10.4 Å². The van der Waals surface area contributed by atoms with E-state index in [0.29, 0.717) is 10.7 Å². The quantitative estimate of drug-likeness (QED) is 0.908. The number of aromatic nitrogens is 2. The summed E-state index contributed by atoms with van der Waals surface area (Å²) in [4.78, 5) is 22.5. The summed E-state index contributed by atoms with van der Waals surface area (Å²) in [6.07, 6.45) is 2.43. The van der Waals surface area contributed by atoms with Crippen LogP contribution in [0.5, 0.6) is 0 Å². The van der Waals surface area contributed by atoms with E-state index in [2.05, 4.69) is 10.4 Å². The normalized spacial score (nSPS) is 10.3. The van der Waals surface area contributed by atoms with Gasteiger partial charge in [-0.1, -0.05) is 29.3 Å². The molecular formula is C12H9Cl2N3O3. The number of carbonyl (C=O) groups is 2. The molecule has 0 bridgehead atoms. The first kappa shape index (κ1) is 14.4. The molecule has 0 atom stereocenters. The summed E-state index contributed by atoms with van der Waals surface area (Å²) in [6, 6.07) is 4.87. The van der Waals surface area contributed by atoms with Crippen molar-refractivity contribution >= 4 is 40.8 Å². The lowest BCUT2D eigenvalue weighted by Crippen LogP contribution is -2.19. The number of carboxylic acids is 1. The molecule has 2 rings (SSSR count). The van der Waals surface area contributed by atoms with Gasteiger partial charge in [-0.15, -0.1) is 0 Å². The number of hydrogen-bond donors (Lipinski definition) is 2. The van der Waals surface area contributed by atoms with Crippen LogP contribution in [0.4, 0.5) is 5.69 Å². The highest BCUT2D eigenvalue weighted by atomic mass is 35.5. The molecule has 0 aliphatic carbocycles. The van der Waals surface area contributed by atoms with Crippen molar-refractivity contribution < 1.29 is 14.7 Å². The molecule has 1 amide bonds. The number of aromatic carboxylic acids is 1. The van der Waals surface area contributed by atoms with Gasteiger partial charge in [0.05, 0.1) is 27.5 Å². The highest BCUT2D eigenvalue weighted by Gasteiger charge is 2.11. The molecule has 2 N–H and O–H groups in total. The second-order valence-corrected chi connectivity index (χ2v) is 4.67. The van der Waals surface area contributed by atoms with Gasteiger partial charge >= 0.3 is 5.97 Å². The average molecular weight is 314 g/mol. The Labute approximate surface area is 123 Å². The Balaban J connectivity index is 2.05. The highest BCUT2D eigenvalue weighted by molar-refractivity contribution is 6.43. The molecule has 104 valence electrons. The molecule has 6 nitrogen and oxygen atoms in total. The zero-order valence-corrected chi connectivity index (χ0v) is 11.5. The van der Waals surface area contributed by atoms with Gasteiger partial charge in [-0.05, 0) is 12.1 Å². The molecule has 2 aromatic rings. The minimum Gasteiger partial charge on any atom is -0.478 e. The molecule has 0 fully saturated rings. The van der Waals surface area contributed by atoms with E-state index in [1.807, 2.05) is 0 Å². The summed E-state index contributed by atoms with van der Waals surface area (Å²) in [5, 5.41) is 15.7. The van der Waals surface area contributed by atoms with Crippen molar-refractivity contribution in [1.82, 2.24) is 9.78 Å². The zero-order valence-electron chi connectivity index (χ0n) is 10.0. The number of anilines is 1. The third-order valence-corrected chi connectivity index (χ3v) is 3.23. The van der Waals surface area contributed by atoms with Gasteiger partial charge in [0.1, 0.15) is 6.54 Å². The van der Waals surface area contributed by atoms with Crippen molar-refractivity contribution in [1.29, 1.82) is 0 Å². The maximum atomic E-state index is 11.8. The van der Waals surface area contributed by atoms with E-state index in [4.69, 9.17) is 28.3 Å². The monoisotopic (exact) mass is 313 g/mol. The second kappa shape index (κ2) is 5.94. The number of amides is 1. The van der Waals surface area contributed by atoms with E-state index in [9.17, 15) is 9.59 Å². The maximum absolute atomic E-state index is 11.8. The molecule has 0 saturated carbocycles. The number of rotatable bonds is 4. The van der Waals surface area contributed by atoms with Crippen molar-refractivity contribution in [3.8, 4) is 0 Å². The average Bonchev–Trinajstić information content (AvgIpc) is 2.83. The van der Waals surface area contributed by atoms with Crippen molar-refractivity contribution in [3.05, 3.63) is 46.2 Å². The molecular weight excluding hydrogens is 305 g/mol. The summed E-state index contributed by atoms with van der Waals surface area (Å²) in [6.45, 7) is -0.129. The van der Waals surface area contributed by atoms with Gasteiger partial charge in [-0.25, -0.2) is 4.79 Å². The number of carboxylic acid groups (broad SMARTS) is 1. The lowest BCUT2D eigenvalue weighted by molar-refractivity contribution is -0.116. The van der Waals surface area contributed by atoms with Gasteiger partial charge in [0.25, 0.3) is 0 Å². The fraction of sp³-hybridized carbons (Fsp3) is 0.0833. The van der Waals surface area contributed by atoms with Crippen molar-refractivity contribution in [3.63, 3.8) is 0 Å². The standard InChI is InChI=1S/C12H9Cl2N3O3/c13-8-2-1-3-9(11(8)14)16-10(18)6-17-5-7(4-15-17)12(19)20/h1-5H,6H2,(H,16,18)(H,19,20). The lowest BCUT2D eigenvalue weighted by atomic mass is 10.3. The third-order valence-electron chi connectivity index (χ3n) is 2.41. The third kappa shape index (κ3) is 3.28. The SMILES string of the molecule is O=C(Cn1cc(C(=O)O)cn1)Nc1cccc(Cl)c1Cl. The summed E-state index contributed by atoms with van der Waals surface area (Å²) >= 11 is 11.8. The maximum Gasteiger partial charge on any atom is 0.338 e. The van der Waals surface area contributed by atoms with Crippen molar-refractivity contribution in [2.75, 3.05) is 5.32 Å². The van der Waals surface area contributed by atoms with Crippen LogP contribution in [-0.2, 0) is 11.3 Å². The number of hydrogen-bond acceptors (Lipinski definition) is 3. The summed E-state index contributed by atoms with van der Waals surface area (Å²) in [5.41, 5.74) is 0.397. The van der Waals surface area contributed by atoms with Crippen LogP contribution in [0.2, 0.25) is 10.0 Å². The van der Waals surface area contributed by atoms with Gasteiger partial charge in [-0.3, -0.25) is 9.48 Å². The number of benzene rings is 1. The number of carbonyl (C=O) groups excluding carboxylic acids is 1. The Morgan fingerprint density at radius 2 is 2.10 bits per heavy atom. The summed E-state index contributed by atoms with van der Waals surface area (Å²) < 4.78 is 1.22. The summed E-state index contributed by atoms with van der Waals surface area (Å²) in [5.74, 6) is -1.50. The molecule has 1 aromatic carbocycles. The van der Waals surface area contributed by atoms with Crippen LogP contribution in [-0.4, -0.2) is 26.8 Å². The Morgan fingerprint density at radius 1 is 1.35 bits per heavy atom. The lowest BCUT2D eigenvalue weighted by Gasteiger charge is -2.08. The molecule has 1 aromatic heterocycles. The van der Waals surface area contributed by atoms with E-state index in [0.717, 1.165) is 0 Å². The molecule has 1 heterocycles. The first-order valence-corrected chi connectivity index (χ1v) is 6.22. The molecule has 0 saturated heterocycles. The van der Waals surface area contributed by atoms with Crippen LogP contribution >= 0.6 is 23.2 Å². The van der Waals surface area contributed by atoms with E-state index in [1.165, 1.54) is 17.1 Å². The van der Waals surface area contributed by atoms with Crippen LogP contribution in [0.15, 0.2) is 30.6 Å². The van der Waals surface area contributed by atoms with E-state index in [1.54, 1.807) is 18.2 Å². The molecule has 0 spiro atoms. The summed E-state index contributed by atoms with van der Waals surface area (Å²) in [7, 11) is 0. The van der Waals surface area contributed by atoms with Crippen LogP contribution < -0.4 is 5.32 Å². The van der Waals surface area contributed by atoms with Gasteiger partial charge in [-0.2, -0.15) is 5.10 Å². The Kier molecular flexibility index (Phi) is 4.26. The van der Waals surface area contributed by atoms with Gasteiger partial charge in [0, 0.05) is 6.20 Å². The number of nitrogens with one attached hydrogen (secondary N) is 1. The zero-order chi connectivity index (χ0) is 14.7. The first-order chi connectivity index (χ1) is 9.47. The molecule has 8 heteroatoms. The van der Waals surface area contributed by atoms with Crippen LogP contribution in [0, 0.1) is 0 Å². The fourth-order valence-electron chi connectivity index (χ4n) is 1.50. The number of nitrogens with zero attached hydrogens (tertiary/aromatic N) is 2. The predicted octanol–water partition coefficient (Wildman–Crippen LogP) is 2.53. The minimum absolute atomic E-state index is 0.0126. The Bertz CT molecular complexity index is 670. The molecule has 20 heavy (non-hydrogen) atoms.